The quantitative estimate of drug-likeness (QED) is 0.361. The molecule has 0 aliphatic carbocycles. The third-order valence-corrected chi connectivity index (χ3v) is 1.71. The number of hydrogen-bond donors (Lipinski definition) is 5. The van der Waals surface area contributed by atoms with Crippen LogP contribution in [-0.4, -0.2) is 57.3 Å². The lowest BCUT2D eigenvalue weighted by molar-refractivity contribution is -0.143. The Morgan fingerprint density at radius 2 is 1.38 bits per heavy atom. The standard InChI is InChI=1S/C6H12O5.C3H4O2/c7-2-6(3-8,4-9)1-5(10)11;1-2-3(4)5/h7-9H,1-4H2,(H,10,11);2H,1H2,(H,4,5). The first-order valence-electron chi connectivity index (χ1n) is 4.27. The highest BCUT2D eigenvalue weighted by Gasteiger charge is 2.30. The van der Waals surface area contributed by atoms with Crippen molar-refractivity contribution in [3.8, 4) is 0 Å². The molecule has 0 aromatic rings. The van der Waals surface area contributed by atoms with E-state index < -0.39 is 43.6 Å². The highest BCUT2D eigenvalue weighted by atomic mass is 16.4. The van der Waals surface area contributed by atoms with Gasteiger partial charge in [0.15, 0.2) is 0 Å². The van der Waals surface area contributed by atoms with Crippen LogP contribution in [-0.2, 0) is 9.59 Å². The van der Waals surface area contributed by atoms with E-state index in [1.807, 2.05) is 0 Å². The Balaban J connectivity index is 0. The lowest BCUT2D eigenvalue weighted by atomic mass is 9.87. The third-order valence-electron chi connectivity index (χ3n) is 1.71. The first-order valence-corrected chi connectivity index (χ1v) is 4.27. The largest absolute Gasteiger partial charge is 0.481 e. The highest BCUT2D eigenvalue weighted by Crippen LogP contribution is 2.19. The van der Waals surface area contributed by atoms with Gasteiger partial charge in [0.05, 0.1) is 31.7 Å². The van der Waals surface area contributed by atoms with Crippen molar-refractivity contribution in [2.75, 3.05) is 19.8 Å². The summed E-state index contributed by atoms with van der Waals surface area (Å²) < 4.78 is 0. The molecule has 0 spiro atoms. The van der Waals surface area contributed by atoms with E-state index in [1.54, 1.807) is 0 Å². The van der Waals surface area contributed by atoms with Gasteiger partial charge in [0, 0.05) is 6.08 Å². The van der Waals surface area contributed by atoms with Gasteiger partial charge < -0.3 is 25.5 Å². The van der Waals surface area contributed by atoms with Gasteiger partial charge in [-0.15, -0.1) is 0 Å². The van der Waals surface area contributed by atoms with Crippen LogP contribution in [0.4, 0.5) is 0 Å². The maximum atomic E-state index is 10.2. The van der Waals surface area contributed by atoms with E-state index >= 15 is 0 Å². The van der Waals surface area contributed by atoms with E-state index in [0.717, 1.165) is 6.08 Å². The van der Waals surface area contributed by atoms with Crippen molar-refractivity contribution in [3.05, 3.63) is 12.7 Å². The molecule has 0 aliphatic heterocycles. The molecule has 7 heteroatoms. The van der Waals surface area contributed by atoms with Crippen LogP contribution in [0.1, 0.15) is 6.42 Å². The Labute approximate surface area is 92.3 Å². The van der Waals surface area contributed by atoms with E-state index in [2.05, 4.69) is 6.58 Å². The predicted molar refractivity (Wildman–Crippen MR) is 53.8 cm³/mol. The first-order chi connectivity index (χ1) is 7.37. The van der Waals surface area contributed by atoms with Crippen molar-refractivity contribution < 1.29 is 35.1 Å². The van der Waals surface area contributed by atoms with Crippen LogP contribution < -0.4 is 0 Å². The Hall–Kier alpha value is -1.44. The maximum absolute atomic E-state index is 10.2. The summed E-state index contributed by atoms with van der Waals surface area (Å²) in [6.45, 7) is 1.35. The number of rotatable bonds is 6. The molecule has 16 heavy (non-hydrogen) atoms. The average Bonchev–Trinajstić information content (AvgIpc) is 2.26. The molecule has 0 heterocycles. The summed E-state index contributed by atoms with van der Waals surface area (Å²) in [6.07, 6.45) is 0.399. The second-order valence-corrected chi connectivity index (χ2v) is 3.09. The van der Waals surface area contributed by atoms with Crippen LogP contribution in [0.25, 0.3) is 0 Å². The Bertz CT molecular complexity index is 224. The molecule has 0 radical (unpaired) electrons. The van der Waals surface area contributed by atoms with Gasteiger partial charge >= 0.3 is 11.9 Å². The van der Waals surface area contributed by atoms with Gasteiger partial charge in [-0.3, -0.25) is 4.79 Å². The van der Waals surface area contributed by atoms with Crippen LogP contribution in [0.2, 0.25) is 0 Å². The summed E-state index contributed by atoms with van der Waals surface area (Å²) in [6, 6.07) is 0. The SMILES string of the molecule is C=CC(=O)O.O=C(O)CC(CO)(CO)CO. The van der Waals surface area contributed by atoms with E-state index in [1.165, 1.54) is 0 Å². The highest BCUT2D eigenvalue weighted by molar-refractivity contribution is 5.78. The molecule has 0 saturated heterocycles. The topological polar surface area (TPSA) is 135 Å². The number of carbonyl (C=O) groups is 2. The molecular weight excluding hydrogens is 220 g/mol. The fourth-order valence-electron chi connectivity index (χ4n) is 0.639. The number of carboxylic acids is 2. The molecule has 0 aliphatic rings. The summed E-state index contributed by atoms with van der Waals surface area (Å²) in [4.78, 5) is 19.4. The second kappa shape index (κ2) is 8.84. The van der Waals surface area contributed by atoms with Crippen LogP contribution in [0.5, 0.6) is 0 Å². The normalized spacial score (nSPS) is 9.94. The Kier molecular flexibility index (Phi) is 9.37. The number of aliphatic carboxylic acids is 2. The van der Waals surface area contributed by atoms with Gasteiger partial charge in [-0.2, -0.15) is 0 Å². The van der Waals surface area contributed by atoms with Gasteiger partial charge in [-0.25, -0.2) is 4.79 Å². The molecule has 0 aromatic carbocycles. The zero-order chi connectivity index (χ0) is 13.2. The van der Waals surface area contributed by atoms with Crippen LogP contribution in [0, 0.1) is 5.41 Å². The molecule has 0 aromatic heterocycles. The van der Waals surface area contributed by atoms with E-state index in [9.17, 15) is 9.59 Å². The van der Waals surface area contributed by atoms with E-state index in [-0.39, 0.29) is 0 Å². The monoisotopic (exact) mass is 236 g/mol. The zero-order valence-electron chi connectivity index (χ0n) is 8.67. The molecule has 0 fully saturated rings. The van der Waals surface area contributed by atoms with Gasteiger partial charge in [0.25, 0.3) is 0 Å². The first kappa shape index (κ1) is 17.0. The minimum absolute atomic E-state index is 0.434. The van der Waals surface area contributed by atoms with Gasteiger partial charge in [-0.1, -0.05) is 6.58 Å². The summed E-state index contributed by atoms with van der Waals surface area (Å²) >= 11 is 0. The van der Waals surface area contributed by atoms with Crippen molar-refractivity contribution in [1.82, 2.24) is 0 Å². The molecule has 0 amide bonds. The van der Waals surface area contributed by atoms with Crippen LogP contribution in [0.15, 0.2) is 12.7 Å². The van der Waals surface area contributed by atoms with Crippen molar-refractivity contribution in [1.29, 1.82) is 0 Å². The second-order valence-electron chi connectivity index (χ2n) is 3.09. The van der Waals surface area contributed by atoms with Gasteiger partial charge in [-0.05, 0) is 0 Å². The number of carboxylic acid groups (broad SMARTS) is 2. The average molecular weight is 236 g/mol. The van der Waals surface area contributed by atoms with Crippen LogP contribution >= 0.6 is 0 Å². The lowest BCUT2D eigenvalue weighted by Gasteiger charge is -2.24. The predicted octanol–water partition coefficient (Wildman–Crippen LogP) is -1.32. The molecule has 5 N–H and O–H groups in total. The van der Waals surface area contributed by atoms with Crippen molar-refractivity contribution >= 4 is 11.9 Å². The molecule has 0 bridgehead atoms. The zero-order valence-corrected chi connectivity index (χ0v) is 8.67. The van der Waals surface area contributed by atoms with Crippen LogP contribution in [0.3, 0.4) is 0 Å². The number of aliphatic hydroxyl groups excluding tert-OH is 3. The molecule has 7 nitrogen and oxygen atoms in total. The Morgan fingerprint density at radius 3 is 1.44 bits per heavy atom. The summed E-state index contributed by atoms with van der Waals surface area (Å²) in [5.41, 5.74) is -1.29. The third kappa shape index (κ3) is 7.92. The molecule has 0 atom stereocenters. The summed E-state index contributed by atoms with van der Waals surface area (Å²) in [7, 11) is 0. The van der Waals surface area contributed by atoms with Gasteiger partial charge in [0.1, 0.15) is 0 Å². The number of hydrogen-bond acceptors (Lipinski definition) is 5. The van der Waals surface area contributed by atoms with E-state index in [4.69, 9.17) is 25.5 Å². The molecule has 0 saturated carbocycles. The van der Waals surface area contributed by atoms with Gasteiger partial charge in [0.2, 0.25) is 0 Å². The Morgan fingerprint density at radius 1 is 1.06 bits per heavy atom. The number of aliphatic hydroxyl groups is 3. The van der Waals surface area contributed by atoms with Crippen molar-refractivity contribution in [3.63, 3.8) is 0 Å². The molecule has 94 valence electrons. The van der Waals surface area contributed by atoms with E-state index in [0.29, 0.717) is 0 Å². The lowest BCUT2D eigenvalue weighted by Crippen LogP contribution is -2.36. The fraction of sp³-hybridized carbons (Fsp3) is 0.556. The summed E-state index contributed by atoms with van der Waals surface area (Å²) in [5, 5.41) is 41.8. The molecule has 0 rings (SSSR count). The van der Waals surface area contributed by atoms with Crippen molar-refractivity contribution in [2.24, 2.45) is 5.41 Å². The van der Waals surface area contributed by atoms with Crippen molar-refractivity contribution in [2.45, 2.75) is 6.42 Å². The maximum Gasteiger partial charge on any atom is 0.327 e. The fourth-order valence-corrected chi connectivity index (χ4v) is 0.639. The minimum Gasteiger partial charge on any atom is -0.481 e. The minimum atomic E-state index is -1.29. The molecule has 0 unspecified atom stereocenters. The smallest absolute Gasteiger partial charge is 0.327 e. The molecular formula is C9H16O7. The summed E-state index contributed by atoms with van der Waals surface area (Å²) in [5.74, 6) is -2.13.